The highest BCUT2D eigenvalue weighted by Gasteiger charge is 2.44. The molecule has 0 spiro atoms. The van der Waals surface area contributed by atoms with E-state index >= 15 is 0 Å². The van der Waals surface area contributed by atoms with Crippen LogP contribution in [0, 0.1) is 0 Å². The maximum atomic E-state index is 12.7. The maximum Gasteiger partial charge on any atom is 0.273 e. The quantitative estimate of drug-likeness (QED) is 0.711. The highest BCUT2D eigenvalue weighted by molar-refractivity contribution is 5.99. The Labute approximate surface area is 163 Å². The van der Waals surface area contributed by atoms with Crippen LogP contribution in [0.3, 0.4) is 0 Å². The number of fused-ring (bicyclic) bond motifs is 2. The van der Waals surface area contributed by atoms with E-state index in [0.29, 0.717) is 18.8 Å². The van der Waals surface area contributed by atoms with Gasteiger partial charge >= 0.3 is 0 Å². The van der Waals surface area contributed by atoms with Gasteiger partial charge in [-0.05, 0) is 12.1 Å². The van der Waals surface area contributed by atoms with Gasteiger partial charge < -0.3 is 23.8 Å². The first-order valence-corrected chi connectivity index (χ1v) is 9.24. The fourth-order valence-electron chi connectivity index (χ4n) is 3.87. The fraction of sp³-hybridized carbons (Fsp3) is 0.429. The monoisotopic (exact) mass is 384 g/mol. The lowest BCUT2D eigenvalue weighted by molar-refractivity contribution is -0.151. The first-order valence-electron chi connectivity index (χ1n) is 9.24. The van der Waals surface area contributed by atoms with Crippen molar-refractivity contribution in [2.75, 3.05) is 27.9 Å². The molecule has 0 aliphatic carbocycles. The van der Waals surface area contributed by atoms with E-state index in [-0.39, 0.29) is 24.2 Å². The van der Waals surface area contributed by atoms with Gasteiger partial charge in [-0.2, -0.15) is 0 Å². The van der Waals surface area contributed by atoms with Gasteiger partial charge in [0, 0.05) is 45.4 Å². The van der Waals surface area contributed by atoms with E-state index in [1.54, 1.807) is 26.2 Å². The molecule has 1 saturated heterocycles. The molecule has 0 N–H and O–H groups in total. The van der Waals surface area contributed by atoms with E-state index in [2.05, 4.69) is 4.98 Å². The molecule has 1 fully saturated rings. The van der Waals surface area contributed by atoms with Crippen molar-refractivity contribution in [2.45, 2.75) is 31.1 Å². The summed E-state index contributed by atoms with van der Waals surface area (Å²) in [5.74, 6) is -0.0504. The van der Waals surface area contributed by atoms with Crippen LogP contribution in [0.4, 0.5) is 0 Å². The smallest absolute Gasteiger partial charge is 0.273 e. The second-order valence-corrected chi connectivity index (χ2v) is 6.91. The number of carbonyl (C=O) groups is 1. The summed E-state index contributed by atoms with van der Waals surface area (Å²) in [5, 5.41) is 1.05. The molecular weight excluding hydrogens is 360 g/mol. The third-order valence-electron chi connectivity index (χ3n) is 5.29. The Kier molecular flexibility index (Phi) is 5.41. The molecule has 1 aromatic carbocycles. The number of pyridine rings is 1. The van der Waals surface area contributed by atoms with Crippen LogP contribution >= 0.6 is 0 Å². The number of nitrogens with zero attached hydrogens (tertiary/aromatic N) is 2. The highest BCUT2D eigenvalue weighted by Crippen LogP contribution is 2.28. The number of methoxy groups -OCH3 is 3. The number of hydrogen-bond acceptors (Lipinski definition) is 6. The molecule has 0 radical (unpaired) electrons. The van der Waals surface area contributed by atoms with Crippen LogP contribution < -0.4 is 0 Å². The Bertz CT molecular complexity index is 899. The van der Waals surface area contributed by atoms with Crippen molar-refractivity contribution in [1.29, 1.82) is 0 Å². The largest absolute Gasteiger partial charge is 0.375 e. The van der Waals surface area contributed by atoms with Crippen LogP contribution in [-0.2, 0) is 25.5 Å². The summed E-state index contributed by atoms with van der Waals surface area (Å²) in [6.45, 7) is 1.02. The van der Waals surface area contributed by atoms with Crippen LogP contribution in [0.25, 0.3) is 10.9 Å². The van der Waals surface area contributed by atoms with Gasteiger partial charge in [-0.3, -0.25) is 4.79 Å². The third-order valence-corrected chi connectivity index (χ3v) is 5.29. The Morgan fingerprint density at radius 3 is 2.71 bits per heavy atom. The van der Waals surface area contributed by atoms with E-state index in [0.717, 1.165) is 16.5 Å². The van der Waals surface area contributed by atoms with E-state index < -0.39 is 6.29 Å². The van der Waals surface area contributed by atoms with Crippen LogP contribution in [0.1, 0.15) is 16.1 Å². The average molecular weight is 384 g/mol. The van der Waals surface area contributed by atoms with E-state index in [9.17, 15) is 4.79 Å². The molecule has 2 aromatic rings. The zero-order valence-electron chi connectivity index (χ0n) is 16.2. The number of benzene rings is 1. The van der Waals surface area contributed by atoms with Crippen LogP contribution in [0.2, 0.25) is 0 Å². The van der Waals surface area contributed by atoms with Gasteiger partial charge in [0.05, 0.1) is 5.52 Å². The standard InChI is InChI=1S/C21H24N2O5/c1-25-18-16(28-21(27-3)19(18)26-2)9-6-10-23-12-14-11-13-7-4-5-8-15(13)22-17(14)20(23)24/h4-9,11,16,18-19,21H,10,12H2,1-3H3/b9-6+/t16-,18-,19-,21?/m1/s1. The second-order valence-electron chi connectivity index (χ2n) is 6.91. The number of rotatable bonds is 6. The Morgan fingerprint density at radius 1 is 1.18 bits per heavy atom. The molecule has 4 rings (SSSR count). The first kappa shape index (κ1) is 19.0. The van der Waals surface area contributed by atoms with Gasteiger partial charge in [0.2, 0.25) is 0 Å². The van der Waals surface area contributed by atoms with E-state index in [1.807, 2.05) is 42.5 Å². The maximum absolute atomic E-state index is 12.7. The van der Waals surface area contributed by atoms with Crippen LogP contribution in [0.15, 0.2) is 42.5 Å². The molecule has 7 heteroatoms. The molecule has 1 amide bonds. The molecule has 0 bridgehead atoms. The molecule has 7 nitrogen and oxygen atoms in total. The van der Waals surface area contributed by atoms with Crippen LogP contribution in [0.5, 0.6) is 0 Å². The summed E-state index contributed by atoms with van der Waals surface area (Å²) >= 11 is 0. The summed E-state index contributed by atoms with van der Waals surface area (Å²) in [4.78, 5) is 19.0. The van der Waals surface area contributed by atoms with Gasteiger partial charge in [0.1, 0.15) is 24.0 Å². The second kappa shape index (κ2) is 7.97. The minimum Gasteiger partial charge on any atom is -0.375 e. The first-order chi connectivity index (χ1) is 13.7. The predicted octanol–water partition coefficient (Wildman–Crippen LogP) is 2.15. The Balaban J connectivity index is 1.45. The molecule has 0 saturated carbocycles. The summed E-state index contributed by atoms with van der Waals surface area (Å²) < 4.78 is 22.1. The molecular formula is C21H24N2O5. The lowest BCUT2D eigenvalue weighted by Crippen LogP contribution is -2.36. The van der Waals surface area contributed by atoms with Gasteiger partial charge in [-0.15, -0.1) is 0 Å². The van der Waals surface area contributed by atoms with Gasteiger partial charge in [0.15, 0.2) is 6.29 Å². The van der Waals surface area contributed by atoms with Crippen molar-refractivity contribution < 1.29 is 23.7 Å². The normalized spacial score (nSPS) is 27.2. The summed E-state index contributed by atoms with van der Waals surface area (Å²) in [6, 6.07) is 9.88. The summed E-state index contributed by atoms with van der Waals surface area (Å²) in [7, 11) is 4.80. The lowest BCUT2D eigenvalue weighted by atomic mass is 10.1. The molecule has 148 valence electrons. The Morgan fingerprint density at radius 2 is 1.96 bits per heavy atom. The van der Waals surface area contributed by atoms with Crippen LogP contribution in [-0.4, -0.2) is 68.3 Å². The Hall–Kier alpha value is -2.32. The van der Waals surface area contributed by atoms with E-state index in [4.69, 9.17) is 18.9 Å². The van der Waals surface area contributed by atoms with Crippen molar-refractivity contribution in [3.63, 3.8) is 0 Å². The summed E-state index contributed by atoms with van der Waals surface area (Å²) in [5.41, 5.74) is 2.34. The van der Waals surface area contributed by atoms with Crippen molar-refractivity contribution >= 4 is 16.8 Å². The molecule has 2 aliphatic heterocycles. The molecule has 4 atom stereocenters. The minimum absolute atomic E-state index is 0.0504. The zero-order chi connectivity index (χ0) is 19.7. The zero-order valence-corrected chi connectivity index (χ0v) is 16.2. The van der Waals surface area contributed by atoms with Crippen molar-refractivity contribution in [1.82, 2.24) is 9.88 Å². The number of hydrogen-bond donors (Lipinski definition) is 0. The molecule has 1 unspecified atom stereocenters. The molecule has 28 heavy (non-hydrogen) atoms. The predicted molar refractivity (Wildman–Crippen MR) is 103 cm³/mol. The average Bonchev–Trinajstić information content (AvgIpc) is 3.23. The topological polar surface area (TPSA) is 70.1 Å². The molecule has 3 heterocycles. The van der Waals surface area contributed by atoms with Gasteiger partial charge in [-0.25, -0.2) is 4.98 Å². The minimum atomic E-state index is -0.487. The molecule has 2 aliphatic rings. The summed E-state index contributed by atoms with van der Waals surface area (Å²) in [6.07, 6.45) is 2.45. The third kappa shape index (κ3) is 3.31. The number of para-hydroxylation sites is 1. The number of ether oxygens (including phenoxy) is 4. The fourth-order valence-corrected chi connectivity index (χ4v) is 3.87. The molecule has 1 aromatic heterocycles. The van der Waals surface area contributed by atoms with Gasteiger partial charge in [0.25, 0.3) is 5.91 Å². The van der Waals surface area contributed by atoms with E-state index in [1.165, 1.54) is 0 Å². The highest BCUT2D eigenvalue weighted by atomic mass is 16.7. The SMILES string of the molecule is COC1O[C@H](/C=C/CN2Cc3cc4ccccc4nc3C2=O)[C@@H](OC)[C@H]1OC. The van der Waals surface area contributed by atoms with Crippen molar-refractivity contribution in [3.05, 3.63) is 53.7 Å². The number of carbonyl (C=O) groups excluding carboxylic acids is 1. The van der Waals surface area contributed by atoms with Crippen molar-refractivity contribution in [3.8, 4) is 0 Å². The van der Waals surface area contributed by atoms with Gasteiger partial charge in [-0.1, -0.05) is 30.4 Å². The number of aromatic nitrogens is 1. The number of amides is 1. The lowest BCUT2D eigenvalue weighted by Gasteiger charge is -2.19. The van der Waals surface area contributed by atoms with Crippen molar-refractivity contribution in [2.24, 2.45) is 0 Å².